The summed E-state index contributed by atoms with van der Waals surface area (Å²) in [6, 6.07) is 1.27. The number of nitrogens with zero attached hydrogens (tertiary/aromatic N) is 2. The smallest absolute Gasteiger partial charge is 0.322 e. The molecular formula is C18H15Cl2F2N3O2. The zero-order chi connectivity index (χ0) is 19.3. The van der Waals surface area contributed by atoms with Crippen LogP contribution in [0.4, 0.5) is 19.3 Å². The quantitative estimate of drug-likeness (QED) is 0.558. The van der Waals surface area contributed by atoms with Crippen LogP contribution in [0.15, 0.2) is 18.3 Å². The predicted molar refractivity (Wildman–Crippen MR) is 97.5 cm³/mol. The number of ether oxygens (including phenoxy) is 1. The van der Waals surface area contributed by atoms with Crippen molar-refractivity contribution < 1.29 is 18.3 Å². The third kappa shape index (κ3) is 2.99. The number of fused-ring (bicyclic) bond motifs is 4. The Morgan fingerprint density at radius 3 is 2.78 bits per heavy atom. The molecule has 2 bridgehead atoms. The molecule has 0 radical (unpaired) electrons. The SMILES string of the molecule is COc1cnc(F)c2c1[C@H]1CC[C@@H](C2)N1C(=O)Nc1cc(Cl)c(Cl)cc1F. The van der Waals surface area contributed by atoms with Crippen LogP contribution in [0.3, 0.4) is 0 Å². The molecule has 5 nitrogen and oxygen atoms in total. The van der Waals surface area contributed by atoms with Crippen LogP contribution in [-0.2, 0) is 6.42 Å². The standard InChI is InChI=1S/C18H15Cl2F2N3O2/c1-27-15-7-23-17(22)9-4-8-2-3-14(16(9)15)25(8)18(26)24-13-6-11(20)10(19)5-12(13)21/h5-8,14H,2-4H2,1H3,(H,24,26)/t8-,14+/m0/s1. The molecule has 4 rings (SSSR count). The van der Waals surface area contributed by atoms with Gasteiger partial charge in [0.05, 0.1) is 35.1 Å². The van der Waals surface area contributed by atoms with Gasteiger partial charge in [-0.05, 0) is 31.4 Å². The van der Waals surface area contributed by atoms with Crippen molar-refractivity contribution in [2.75, 3.05) is 12.4 Å². The minimum atomic E-state index is -0.685. The molecule has 0 saturated carbocycles. The molecule has 1 aromatic heterocycles. The number of aromatic nitrogens is 1. The molecule has 9 heteroatoms. The average molecular weight is 414 g/mol. The number of carbonyl (C=O) groups is 1. The first-order chi connectivity index (χ1) is 12.9. The molecule has 1 saturated heterocycles. The lowest BCUT2D eigenvalue weighted by molar-refractivity contribution is 0.176. The number of benzene rings is 1. The molecule has 2 aliphatic rings. The maximum absolute atomic E-state index is 14.2. The Morgan fingerprint density at radius 1 is 1.30 bits per heavy atom. The van der Waals surface area contributed by atoms with Gasteiger partial charge in [0.2, 0.25) is 5.95 Å². The summed E-state index contributed by atoms with van der Waals surface area (Å²) in [5.74, 6) is -0.788. The van der Waals surface area contributed by atoms with Crippen LogP contribution < -0.4 is 10.1 Å². The normalized spacial score (nSPS) is 20.4. The van der Waals surface area contributed by atoms with E-state index in [-0.39, 0.29) is 27.8 Å². The maximum Gasteiger partial charge on any atom is 0.322 e. The third-order valence-electron chi connectivity index (χ3n) is 5.12. The van der Waals surface area contributed by atoms with E-state index >= 15 is 0 Å². The maximum atomic E-state index is 14.2. The molecule has 142 valence electrons. The number of hydrogen-bond acceptors (Lipinski definition) is 3. The van der Waals surface area contributed by atoms with Crippen LogP contribution in [0.5, 0.6) is 5.75 Å². The fraction of sp³-hybridized carbons (Fsp3) is 0.333. The van der Waals surface area contributed by atoms with Crippen molar-refractivity contribution in [3.05, 3.63) is 51.3 Å². The van der Waals surface area contributed by atoms with E-state index in [0.717, 1.165) is 6.07 Å². The first-order valence-electron chi connectivity index (χ1n) is 8.35. The Morgan fingerprint density at radius 2 is 2.04 bits per heavy atom. The van der Waals surface area contributed by atoms with Gasteiger partial charge in [-0.15, -0.1) is 0 Å². The number of hydrogen-bond donors (Lipinski definition) is 1. The van der Waals surface area contributed by atoms with Gasteiger partial charge in [-0.2, -0.15) is 4.39 Å². The highest BCUT2D eigenvalue weighted by Gasteiger charge is 2.45. The van der Waals surface area contributed by atoms with Crippen molar-refractivity contribution in [2.45, 2.75) is 31.3 Å². The first kappa shape index (κ1) is 18.3. The van der Waals surface area contributed by atoms with Crippen molar-refractivity contribution in [3.63, 3.8) is 0 Å². The van der Waals surface area contributed by atoms with Gasteiger partial charge in [0, 0.05) is 17.2 Å². The second-order valence-corrected chi connectivity index (χ2v) is 7.36. The van der Waals surface area contributed by atoms with Crippen LogP contribution >= 0.6 is 23.2 Å². The number of methoxy groups -OCH3 is 1. The molecule has 0 aliphatic carbocycles. The fourth-order valence-corrected chi connectivity index (χ4v) is 4.27. The molecule has 0 spiro atoms. The van der Waals surface area contributed by atoms with E-state index in [9.17, 15) is 13.6 Å². The minimum absolute atomic E-state index is 0.0619. The Labute approximate surface area is 164 Å². The van der Waals surface area contributed by atoms with Crippen LogP contribution in [-0.4, -0.2) is 29.1 Å². The monoisotopic (exact) mass is 413 g/mol. The Kier molecular flexibility index (Phi) is 4.60. The van der Waals surface area contributed by atoms with Gasteiger partial charge in [0.15, 0.2) is 0 Å². The molecule has 2 atom stereocenters. The fourth-order valence-electron chi connectivity index (χ4n) is 3.95. The summed E-state index contributed by atoms with van der Waals surface area (Å²) >= 11 is 11.7. The van der Waals surface area contributed by atoms with Crippen molar-refractivity contribution in [2.24, 2.45) is 0 Å². The number of carbonyl (C=O) groups excluding carboxylic acids is 1. The number of halogens is 4. The van der Waals surface area contributed by atoms with Gasteiger partial charge in [-0.25, -0.2) is 14.2 Å². The van der Waals surface area contributed by atoms with E-state index in [0.29, 0.717) is 36.1 Å². The highest BCUT2D eigenvalue weighted by Crippen LogP contribution is 2.47. The molecule has 2 amide bonds. The first-order valence-corrected chi connectivity index (χ1v) is 9.11. The molecule has 1 fully saturated rings. The summed E-state index contributed by atoms with van der Waals surface area (Å²) in [6.07, 6.45) is 3.02. The molecule has 2 aliphatic heterocycles. The van der Waals surface area contributed by atoms with Crippen LogP contribution in [0, 0.1) is 11.8 Å². The van der Waals surface area contributed by atoms with Gasteiger partial charge >= 0.3 is 6.03 Å². The second kappa shape index (κ2) is 6.80. The summed E-state index contributed by atoms with van der Waals surface area (Å²) in [6.45, 7) is 0. The van der Waals surface area contributed by atoms with E-state index in [1.54, 1.807) is 4.90 Å². The molecule has 0 unspecified atom stereocenters. The van der Waals surface area contributed by atoms with Crippen molar-refractivity contribution in [1.29, 1.82) is 0 Å². The summed E-state index contributed by atoms with van der Waals surface area (Å²) in [7, 11) is 1.48. The average Bonchev–Trinajstić information content (AvgIpc) is 2.95. The number of amides is 2. The van der Waals surface area contributed by atoms with E-state index in [1.165, 1.54) is 19.4 Å². The molecular weight excluding hydrogens is 399 g/mol. The van der Waals surface area contributed by atoms with Crippen molar-refractivity contribution >= 4 is 34.9 Å². The van der Waals surface area contributed by atoms with Crippen LogP contribution in [0.1, 0.15) is 30.0 Å². The summed E-state index contributed by atoms with van der Waals surface area (Å²) < 4.78 is 33.7. The van der Waals surface area contributed by atoms with E-state index in [4.69, 9.17) is 27.9 Å². The van der Waals surface area contributed by atoms with Crippen LogP contribution in [0.25, 0.3) is 0 Å². The number of urea groups is 1. The predicted octanol–water partition coefficient (Wildman–Crippen LogP) is 4.97. The highest BCUT2D eigenvalue weighted by molar-refractivity contribution is 6.42. The van der Waals surface area contributed by atoms with Gasteiger partial charge in [-0.3, -0.25) is 0 Å². The molecule has 27 heavy (non-hydrogen) atoms. The van der Waals surface area contributed by atoms with Gasteiger partial charge in [0.25, 0.3) is 0 Å². The number of pyridine rings is 1. The lowest BCUT2D eigenvalue weighted by atomic mass is 9.94. The number of rotatable bonds is 2. The van der Waals surface area contributed by atoms with Gasteiger partial charge in [-0.1, -0.05) is 23.2 Å². The van der Waals surface area contributed by atoms with E-state index in [1.807, 2.05) is 0 Å². The topological polar surface area (TPSA) is 54.5 Å². The molecule has 3 heterocycles. The zero-order valence-electron chi connectivity index (χ0n) is 14.2. The zero-order valence-corrected chi connectivity index (χ0v) is 15.7. The Bertz CT molecular complexity index is 941. The molecule has 2 aromatic rings. The number of anilines is 1. The Balaban J connectivity index is 1.67. The van der Waals surface area contributed by atoms with Gasteiger partial charge < -0.3 is 15.0 Å². The highest BCUT2D eigenvalue weighted by atomic mass is 35.5. The van der Waals surface area contributed by atoms with E-state index < -0.39 is 17.8 Å². The van der Waals surface area contributed by atoms with Gasteiger partial charge in [0.1, 0.15) is 11.6 Å². The molecule has 1 N–H and O–H groups in total. The second-order valence-electron chi connectivity index (χ2n) is 6.54. The molecule has 1 aromatic carbocycles. The number of nitrogens with one attached hydrogen (secondary N) is 1. The van der Waals surface area contributed by atoms with E-state index in [2.05, 4.69) is 10.3 Å². The lowest BCUT2D eigenvalue weighted by Gasteiger charge is -2.36. The third-order valence-corrected chi connectivity index (χ3v) is 5.84. The Hall–Kier alpha value is -2.12. The van der Waals surface area contributed by atoms with Crippen molar-refractivity contribution in [3.8, 4) is 5.75 Å². The lowest BCUT2D eigenvalue weighted by Crippen LogP contribution is -2.44. The summed E-state index contributed by atoms with van der Waals surface area (Å²) in [5.41, 5.74) is 1.04. The largest absolute Gasteiger partial charge is 0.495 e. The summed E-state index contributed by atoms with van der Waals surface area (Å²) in [5, 5.41) is 2.75. The van der Waals surface area contributed by atoms with Crippen LogP contribution in [0.2, 0.25) is 10.0 Å². The summed E-state index contributed by atoms with van der Waals surface area (Å²) in [4.78, 5) is 18.2. The minimum Gasteiger partial charge on any atom is -0.495 e. The van der Waals surface area contributed by atoms with Crippen molar-refractivity contribution in [1.82, 2.24) is 9.88 Å².